The van der Waals surface area contributed by atoms with Crippen molar-refractivity contribution >= 4 is 23.5 Å². The molecule has 1 aromatic carbocycles. The third-order valence-electron chi connectivity index (χ3n) is 6.31. The number of benzene rings is 1. The maximum absolute atomic E-state index is 12.3. The lowest BCUT2D eigenvalue weighted by Gasteiger charge is -2.54. The van der Waals surface area contributed by atoms with Gasteiger partial charge in [-0.15, -0.1) is 0 Å². The molecule has 0 heterocycles. The van der Waals surface area contributed by atoms with E-state index in [2.05, 4.69) is 10.6 Å². The molecule has 27 heavy (non-hydrogen) atoms. The molecular formula is C21H26N2O4. The third-order valence-corrected chi connectivity index (χ3v) is 6.31. The Balaban J connectivity index is 1.29. The SMILES string of the molecule is CC(=O)Nc1cccc(C(=O)OCC(=O)NC2C3CC4CC(C3)CC2C4)c1. The Bertz CT molecular complexity index is 732. The lowest BCUT2D eigenvalue weighted by molar-refractivity contribution is -0.128. The van der Waals surface area contributed by atoms with Crippen LogP contribution in [0.1, 0.15) is 49.4 Å². The fourth-order valence-electron chi connectivity index (χ4n) is 5.53. The van der Waals surface area contributed by atoms with Crippen molar-refractivity contribution in [1.29, 1.82) is 0 Å². The van der Waals surface area contributed by atoms with Crippen LogP contribution in [0, 0.1) is 23.7 Å². The molecule has 0 atom stereocenters. The van der Waals surface area contributed by atoms with Gasteiger partial charge in [0.2, 0.25) is 5.91 Å². The van der Waals surface area contributed by atoms with Gasteiger partial charge in [0.05, 0.1) is 5.56 Å². The molecule has 6 nitrogen and oxygen atoms in total. The third kappa shape index (κ3) is 3.99. The number of anilines is 1. The normalized spacial score (nSPS) is 30.6. The summed E-state index contributed by atoms with van der Waals surface area (Å²) in [5, 5.41) is 5.76. The molecule has 0 unspecified atom stereocenters. The van der Waals surface area contributed by atoms with Gasteiger partial charge in [-0.25, -0.2) is 4.79 Å². The van der Waals surface area contributed by atoms with E-state index in [1.54, 1.807) is 24.3 Å². The van der Waals surface area contributed by atoms with Crippen molar-refractivity contribution in [2.75, 3.05) is 11.9 Å². The molecular weight excluding hydrogens is 344 g/mol. The fourth-order valence-corrected chi connectivity index (χ4v) is 5.53. The Labute approximate surface area is 159 Å². The molecule has 4 aliphatic rings. The highest BCUT2D eigenvalue weighted by atomic mass is 16.5. The predicted octanol–water partition coefficient (Wildman–Crippen LogP) is 2.74. The largest absolute Gasteiger partial charge is 0.452 e. The highest BCUT2D eigenvalue weighted by Crippen LogP contribution is 2.53. The van der Waals surface area contributed by atoms with E-state index in [1.807, 2.05) is 0 Å². The quantitative estimate of drug-likeness (QED) is 0.781. The number of esters is 1. The summed E-state index contributed by atoms with van der Waals surface area (Å²) in [4.78, 5) is 35.7. The Morgan fingerprint density at radius 2 is 1.70 bits per heavy atom. The summed E-state index contributed by atoms with van der Waals surface area (Å²) in [6.07, 6.45) is 6.30. The first kappa shape index (κ1) is 18.0. The lowest BCUT2D eigenvalue weighted by atomic mass is 9.54. The predicted molar refractivity (Wildman–Crippen MR) is 100 cm³/mol. The monoisotopic (exact) mass is 370 g/mol. The van der Waals surface area contributed by atoms with Crippen LogP contribution in [0.15, 0.2) is 24.3 Å². The molecule has 4 aliphatic carbocycles. The highest BCUT2D eigenvalue weighted by molar-refractivity contribution is 5.94. The molecule has 2 amide bonds. The fraction of sp³-hybridized carbons (Fsp3) is 0.571. The first-order chi connectivity index (χ1) is 13.0. The summed E-state index contributed by atoms with van der Waals surface area (Å²) in [6, 6.07) is 6.74. The smallest absolute Gasteiger partial charge is 0.338 e. The van der Waals surface area contributed by atoms with Crippen LogP contribution < -0.4 is 10.6 Å². The summed E-state index contributed by atoms with van der Waals surface area (Å²) < 4.78 is 5.18. The number of carbonyl (C=O) groups is 3. The molecule has 0 spiro atoms. The van der Waals surface area contributed by atoms with Gasteiger partial charge in [-0.05, 0) is 74.0 Å². The molecule has 2 N–H and O–H groups in total. The van der Waals surface area contributed by atoms with Gasteiger partial charge in [-0.3, -0.25) is 9.59 Å². The molecule has 6 heteroatoms. The van der Waals surface area contributed by atoms with Crippen molar-refractivity contribution in [3.63, 3.8) is 0 Å². The number of hydrogen-bond acceptors (Lipinski definition) is 4. The summed E-state index contributed by atoms with van der Waals surface area (Å²) in [5.41, 5.74) is 0.832. The zero-order valence-corrected chi connectivity index (χ0v) is 15.6. The van der Waals surface area contributed by atoms with Gasteiger partial charge in [0, 0.05) is 18.7 Å². The van der Waals surface area contributed by atoms with Gasteiger partial charge in [0.15, 0.2) is 6.61 Å². The minimum Gasteiger partial charge on any atom is -0.452 e. The Morgan fingerprint density at radius 3 is 2.33 bits per heavy atom. The molecule has 4 saturated carbocycles. The first-order valence-corrected chi connectivity index (χ1v) is 9.82. The number of ether oxygens (including phenoxy) is 1. The molecule has 144 valence electrons. The Hall–Kier alpha value is -2.37. The minimum absolute atomic E-state index is 0.212. The molecule has 0 aliphatic heterocycles. The summed E-state index contributed by atoms with van der Waals surface area (Å²) in [6.45, 7) is 1.13. The molecule has 0 radical (unpaired) electrons. The molecule has 4 bridgehead atoms. The topological polar surface area (TPSA) is 84.5 Å². The van der Waals surface area contributed by atoms with Crippen LogP contribution in [-0.2, 0) is 14.3 Å². The number of amides is 2. The number of nitrogens with one attached hydrogen (secondary N) is 2. The van der Waals surface area contributed by atoms with Crippen molar-refractivity contribution in [2.24, 2.45) is 23.7 Å². The van der Waals surface area contributed by atoms with Crippen molar-refractivity contribution in [3.8, 4) is 0 Å². The van der Waals surface area contributed by atoms with E-state index in [4.69, 9.17) is 4.74 Å². The second-order valence-corrected chi connectivity index (χ2v) is 8.36. The van der Waals surface area contributed by atoms with Crippen LogP contribution >= 0.6 is 0 Å². The minimum atomic E-state index is -0.567. The van der Waals surface area contributed by atoms with Gasteiger partial charge in [0.1, 0.15) is 0 Å². The molecule has 5 rings (SSSR count). The zero-order chi connectivity index (χ0) is 19.0. The van der Waals surface area contributed by atoms with Crippen LogP contribution in [-0.4, -0.2) is 30.4 Å². The van der Waals surface area contributed by atoms with E-state index in [9.17, 15) is 14.4 Å². The average molecular weight is 370 g/mol. The van der Waals surface area contributed by atoms with Crippen molar-refractivity contribution in [2.45, 2.75) is 45.1 Å². The van der Waals surface area contributed by atoms with E-state index in [1.165, 1.54) is 39.0 Å². The summed E-state index contributed by atoms with van der Waals surface area (Å²) in [7, 11) is 0. The Kier molecular flexibility index (Phi) is 4.89. The molecule has 0 aromatic heterocycles. The van der Waals surface area contributed by atoms with Crippen molar-refractivity contribution < 1.29 is 19.1 Å². The van der Waals surface area contributed by atoms with E-state index >= 15 is 0 Å². The van der Waals surface area contributed by atoms with E-state index in [0.717, 1.165) is 11.8 Å². The molecule has 1 aromatic rings. The standard InChI is InChI=1S/C21H26N2O4/c1-12(24)22-18-4-2-3-15(10-18)21(26)27-11-19(25)23-20-16-6-13-5-14(8-16)9-17(20)7-13/h2-4,10,13-14,16-17,20H,5-9,11H2,1H3,(H,22,24)(H,23,25). The van der Waals surface area contributed by atoms with Crippen LogP contribution in [0.3, 0.4) is 0 Å². The molecule has 0 saturated heterocycles. The van der Waals surface area contributed by atoms with E-state index in [0.29, 0.717) is 23.1 Å². The van der Waals surface area contributed by atoms with Crippen LogP contribution in [0.2, 0.25) is 0 Å². The van der Waals surface area contributed by atoms with Crippen LogP contribution in [0.25, 0.3) is 0 Å². The van der Waals surface area contributed by atoms with Crippen molar-refractivity contribution in [1.82, 2.24) is 5.32 Å². The number of carbonyl (C=O) groups excluding carboxylic acids is 3. The van der Waals surface area contributed by atoms with Crippen LogP contribution in [0.4, 0.5) is 5.69 Å². The summed E-state index contributed by atoms with van der Waals surface area (Å²) >= 11 is 0. The van der Waals surface area contributed by atoms with Gasteiger partial charge in [-0.1, -0.05) is 6.07 Å². The second-order valence-electron chi connectivity index (χ2n) is 8.36. The van der Waals surface area contributed by atoms with Gasteiger partial charge in [-0.2, -0.15) is 0 Å². The number of hydrogen-bond donors (Lipinski definition) is 2. The van der Waals surface area contributed by atoms with Crippen molar-refractivity contribution in [3.05, 3.63) is 29.8 Å². The van der Waals surface area contributed by atoms with Crippen LogP contribution in [0.5, 0.6) is 0 Å². The lowest BCUT2D eigenvalue weighted by Crippen LogP contribution is -2.56. The van der Waals surface area contributed by atoms with Gasteiger partial charge in [0.25, 0.3) is 5.91 Å². The Morgan fingerprint density at radius 1 is 1.04 bits per heavy atom. The highest BCUT2D eigenvalue weighted by Gasteiger charge is 2.48. The second kappa shape index (κ2) is 7.33. The first-order valence-electron chi connectivity index (χ1n) is 9.82. The molecule has 4 fully saturated rings. The maximum Gasteiger partial charge on any atom is 0.338 e. The zero-order valence-electron chi connectivity index (χ0n) is 15.6. The van der Waals surface area contributed by atoms with Gasteiger partial charge < -0.3 is 15.4 Å². The van der Waals surface area contributed by atoms with E-state index < -0.39 is 5.97 Å². The summed E-state index contributed by atoms with van der Waals surface area (Å²) in [5.74, 6) is 1.89. The number of rotatable bonds is 5. The average Bonchev–Trinajstić information content (AvgIpc) is 2.62. The van der Waals surface area contributed by atoms with E-state index in [-0.39, 0.29) is 24.5 Å². The maximum atomic E-state index is 12.3. The van der Waals surface area contributed by atoms with Gasteiger partial charge >= 0.3 is 5.97 Å².